The smallest absolute Gasteiger partial charge is 0.260 e. The van der Waals surface area contributed by atoms with E-state index < -0.39 is 5.56 Å². The summed E-state index contributed by atoms with van der Waals surface area (Å²) < 4.78 is 0. The minimum atomic E-state index is -0.406. The van der Waals surface area contributed by atoms with E-state index in [4.69, 9.17) is 0 Å². The Morgan fingerprint density at radius 1 is 1.29 bits per heavy atom. The number of phenolic OH excluding ortho intramolecular Hbond substituents is 1. The normalized spacial score (nSPS) is 13.9. The van der Waals surface area contributed by atoms with Crippen molar-refractivity contribution in [1.29, 1.82) is 0 Å². The molecule has 1 aromatic carbocycles. The van der Waals surface area contributed by atoms with Crippen LogP contribution in [0.4, 0.5) is 0 Å². The SMILES string of the molecule is O=Cc1cc2cc3c(c(O)c2c(=O)[nH]1)CCC3. The number of hydrogen-bond donors (Lipinski definition) is 2. The third-order valence-electron chi connectivity index (χ3n) is 3.32. The predicted molar refractivity (Wildman–Crippen MR) is 63.6 cm³/mol. The van der Waals surface area contributed by atoms with Gasteiger partial charge in [-0.15, -0.1) is 0 Å². The van der Waals surface area contributed by atoms with Crippen LogP contribution in [0, 0.1) is 0 Å². The van der Waals surface area contributed by atoms with Gasteiger partial charge in [0.05, 0.1) is 11.1 Å². The Kier molecular flexibility index (Phi) is 2.04. The first-order valence-electron chi connectivity index (χ1n) is 5.56. The number of H-pyrrole nitrogens is 1. The van der Waals surface area contributed by atoms with E-state index in [1.165, 1.54) is 0 Å². The van der Waals surface area contributed by atoms with Crippen molar-refractivity contribution >= 4 is 17.1 Å². The van der Waals surface area contributed by atoms with Crippen LogP contribution >= 0.6 is 0 Å². The van der Waals surface area contributed by atoms with Gasteiger partial charge in [-0.2, -0.15) is 0 Å². The quantitative estimate of drug-likeness (QED) is 0.728. The fraction of sp³-hybridized carbons (Fsp3) is 0.231. The van der Waals surface area contributed by atoms with Gasteiger partial charge in [-0.25, -0.2) is 0 Å². The molecule has 2 N–H and O–H groups in total. The van der Waals surface area contributed by atoms with E-state index in [0.717, 1.165) is 30.4 Å². The van der Waals surface area contributed by atoms with Crippen molar-refractivity contribution in [3.63, 3.8) is 0 Å². The molecule has 0 fully saturated rings. The number of aryl methyl sites for hydroxylation is 1. The van der Waals surface area contributed by atoms with Crippen LogP contribution in [0.15, 0.2) is 16.9 Å². The summed E-state index contributed by atoms with van der Waals surface area (Å²) in [6, 6.07) is 3.50. The highest BCUT2D eigenvalue weighted by molar-refractivity contribution is 5.92. The van der Waals surface area contributed by atoms with Crippen LogP contribution < -0.4 is 5.56 Å². The Balaban J connectivity index is 2.47. The number of aldehydes is 1. The summed E-state index contributed by atoms with van der Waals surface area (Å²) in [6.45, 7) is 0. The number of pyridine rings is 1. The zero-order valence-electron chi connectivity index (χ0n) is 9.12. The highest BCUT2D eigenvalue weighted by Gasteiger charge is 2.19. The molecule has 4 nitrogen and oxygen atoms in total. The summed E-state index contributed by atoms with van der Waals surface area (Å²) in [5.41, 5.74) is 1.79. The summed E-state index contributed by atoms with van der Waals surface area (Å²) in [5.74, 6) is 0.0775. The molecule has 0 saturated carbocycles. The van der Waals surface area contributed by atoms with Crippen LogP contribution in [0.3, 0.4) is 0 Å². The molecule has 0 saturated heterocycles. The minimum Gasteiger partial charge on any atom is -0.507 e. The van der Waals surface area contributed by atoms with Crippen molar-refractivity contribution in [1.82, 2.24) is 4.98 Å². The molecule has 3 rings (SSSR count). The number of aromatic amines is 1. The van der Waals surface area contributed by atoms with Crippen LogP contribution in [0.1, 0.15) is 28.0 Å². The van der Waals surface area contributed by atoms with Gasteiger partial charge in [-0.1, -0.05) is 6.07 Å². The molecule has 0 spiro atoms. The maximum absolute atomic E-state index is 11.8. The molecule has 1 aliphatic carbocycles. The number of benzene rings is 1. The summed E-state index contributed by atoms with van der Waals surface area (Å²) >= 11 is 0. The molecule has 0 amide bonds. The molecule has 2 aromatic rings. The third-order valence-corrected chi connectivity index (χ3v) is 3.32. The fourth-order valence-electron chi connectivity index (χ4n) is 2.56. The van der Waals surface area contributed by atoms with E-state index in [9.17, 15) is 14.7 Å². The van der Waals surface area contributed by atoms with Gasteiger partial charge in [0.2, 0.25) is 0 Å². The van der Waals surface area contributed by atoms with E-state index >= 15 is 0 Å². The van der Waals surface area contributed by atoms with E-state index in [0.29, 0.717) is 11.7 Å². The number of carbonyl (C=O) groups excluding carboxylic acids is 1. The summed E-state index contributed by atoms with van der Waals surface area (Å²) in [7, 11) is 0. The van der Waals surface area contributed by atoms with Gasteiger partial charge >= 0.3 is 0 Å². The minimum absolute atomic E-state index is 0.0775. The summed E-state index contributed by atoms with van der Waals surface area (Å²) in [5, 5.41) is 11.0. The average molecular weight is 229 g/mol. The molecule has 0 bridgehead atoms. The number of aromatic hydroxyl groups is 1. The lowest BCUT2D eigenvalue weighted by Gasteiger charge is -2.07. The predicted octanol–water partition coefficient (Wildman–Crippen LogP) is 1.53. The molecule has 4 heteroatoms. The van der Waals surface area contributed by atoms with Crippen molar-refractivity contribution in [2.75, 3.05) is 0 Å². The number of nitrogens with one attached hydrogen (secondary N) is 1. The van der Waals surface area contributed by atoms with Crippen molar-refractivity contribution in [3.05, 3.63) is 39.3 Å². The lowest BCUT2D eigenvalue weighted by atomic mass is 10.0. The highest BCUT2D eigenvalue weighted by Crippen LogP contribution is 2.35. The summed E-state index contributed by atoms with van der Waals surface area (Å²) in [6.07, 6.45) is 3.33. The Morgan fingerprint density at radius 3 is 2.88 bits per heavy atom. The fourth-order valence-corrected chi connectivity index (χ4v) is 2.56. The van der Waals surface area contributed by atoms with Gasteiger partial charge < -0.3 is 10.1 Å². The van der Waals surface area contributed by atoms with Crippen molar-refractivity contribution < 1.29 is 9.90 Å². The molecule has 1 aliphatic rings. The van der Waals surface area contributed by atoms with Crippen molar-refractivity contribution in [2.24, 2.45) is 0 Å². The standard InChI is InChI=1S/C13H11NO3/c15-6-9-5-8-4-7-2-1-3-10(7)12(16)11(8)13(17)14-9/h4-6,16H,1-3H2,(H,14,17). The van der Waals surface area contributed by atoms with E-state index in [1.807, 2.05) is 6.07 Å². The lowest BCUT2D eigenvalue weighted by Crippen LogP contribution is -2.09. The second kappa shape index (κ2) is 3.45. The summed E-state index contributed by atoms with van der Waals surface area (Å²) in [4.78, 5) is 24.9. The Hall–Kier alpha value is -2.10. The van der Waals surface area contributed by atoms with Gasteiger partial charge in [0.1, 0.15) is 5.75 Å². The third kappa shape index (κ3) is 1.37. The number of hydrogen-bond acceptors (Lipinski definition) is 3. The molecule has 0 unspecified atom stereocenters. The molecular weight excluding hydrogens is 218 g/mol. The molecule has 17 heavy (non-hydrogen) atoms. The topological polar surface area (TPSA) is 70.2 Å². The van der Waals surface area contributed by atoms with Crippen LogP contribution in [-0.4, -0.2) is 16.4 Å². The first-order valence-corrected chi connectivity index (χ1v) is 5.56. The highest BCUT2D eigenvalue weighted by atomic mass is 16.3. The van der Waals surface area contributed by atoms with Crippen LogP contribution in [-0.2, 0) is 12.8 Å². The lowest BCUT2D eigenvalue weighted by molar-refractivity contribution is 0.111. The van der Waals surface area contributed by atoms with Crippen LogP contribution in [0.2, 0.25) is 0 Å². The number of fused-ring (bicyclic) bond motifs is 2. The van der Waals surface area contributed by atoms with Gasteiger partial charge in [0, 0.05) is 0 Å². The first kappa shape index (κ1) is 10.1. The van der Waals surface area contributed by atoms with Crippen LogP contribution in [0.5, 0.6) is 5.75 Å². The monoisotopic (exact) mass is 229 g/mol. The molecule has 1 aromatic heterocycles. The molecule has 86 valence electrons. The molecular formula is C13H11NO3. The number of aromatic nitrogens is 1. The van der Waals surface area contributed by atoms with Gasteiger partial charge in [0.15, 0.2) is 6.29 Å². The Bertz CT molecular complexity index is 685. The van der Waals surface area contributed by atoms with E-state index in [-0.39, 0.29) is 16.8 Å². The number of carbonyl (C=O) groups is 1. The maximum atomic E-state index is 11.8. The molecule has 0 aliphatic heterocycles. The molecule has 0 radical (unpaired) electrons. The van der Waals surface area contributed by atoms with Gasteiger partial charge in [-0.3, -0.25) is 9.59 Å². The Labute approximate surface area is 96.9 Å². The number of phenols is 1. The second-order valence-electron chi connectivity index (χ2n) is 4.35. The first-order chi connectivity index (χ1) is 8.20. The average Bonchev–Trinajstić information content (AvgIpc) is 2.76. The molecule has 1 heterocycles. The molecule has 0 atom stereocenters. The zero-order valence-corrected chi connectivity index (χ0v) is 9.12. The Morgan fingerprint density at radius 2 is 2.12 bits per heavy atom. The van der Waals surface area contributed by atoms with E-state index in [2.05, 4.69) is 4.98 Å². The maximum Gasteiger partial charge on any atom is 0.260 e. The van der Waals surface area contributed by atoms with Crippen LogP contribution in [0.25, 0.3) is 10.8 Å². The van der Waals surface area contributed by atoms with Crippen molar-refractivity contribution in [3.8, 4) is 5.75 Å². The van der Waals surface area contributed by atoms with Gasteiger partial charge in [-0.05, 0) is 41.8 Å². The van der Waals surface area contributed by atoms with Crippen molar-refractivity contribution in [2.45, 2.75) is 19.3 Å². The number of rotatable bonds is 1. The van der Waals surface area contributed by atoms with E-state index in [1.54, 1.807) is 6.07 Å². The second-order valence-corrected chi connectivity index (χ2v) is 4.35. The van der Waals surface area contributed by atoms with Gasteiger partial charge in [0.25, 0.3) is 5.56 Å². The zero-order chi connectivity index (χ0) is 12.0. The largest absolute Gasteiger partial charge is 0.507 e.